The van der Waals surface area contributed by atoms with Crippen LogP contribution in [0.15, 0.2) is 12.1 Å². The molecule has 0 radical (unpaired) electrons. The number of nitrogens with zero attached hydrogens (tertiary/aromatic N) is 1. The van der Waals surface area contributed by atoms with E-state index in [2.05, 4.69) is 0 Å². The first-order valence-electron chi connectivity index (χ1n) is 11.2. The number of likely N-dealkylation sites (tertiary alicyclic amines) is 1. The average molecular weight is 322 g/mol. The summed E-state index contributed by atoms with van der Waals surface area (Å²) in [6.07, 6.45) is -0.545. The smallest absolute Gasteiger partial charge is 0.211 e. The first kappa shape index (κ1) is 8.49. The number of aliphatic hydroxyl groups is 1. The van der Waals surface area contributed by atoms with Crippen LogP contribution in [0.1, 0.15) is 38.6 Å². The Bertz CT molecular complexity index is 985. The zero-order valence-electron chi connectivity index (χ0n) is 19.7. The molecule has 1 N–H and O–H groups in total. The van der Waals surface area contributed by atoms with Crippen LogP contribution in [-0.4, -0.2) is 55.6 Å². The molecule has 4 atom stereocenters. The quantitative estimate of drug-likeness (QED) is 0.882. The van der Waals surface area contributed by atoms with E-state index < -0.39 is 42.0 Å². The highest BCUT2D eigenvalue weighted by atomic mass is 16.5. The van der Waals surface area contributed by atoms with Crippen molar-refractivity contribution in [3.63, 3.8) is 0 Å². The van der Waals surface area contributed by atoms with Crippen molar-refractivity contribution in [2.45, 2.75) is 48.8 Å². The Morgan fingerprint density at radius 1 is 1.61 bits per heavy atom. The van der Waals surface area contributed by atoms with Gasteiger partial charge in [-0.25, -0.2) is 0 Å². The van der Waals surface area contributed by atoms with Crippen molar-refractivity contribution in [3.8, 4) is 11.5 Å². The van der Waals surface area contributed by atoms with Gasteiger partial charge in [0, 0.05) is 18.0 Å². The summed E-state index contributed by atoms with van der Waals surface area (Å²) in [5.41, 5.74) is -1.85. The second-order valence-electron chi connectivity index (χ2n) is 6.92. The minimum atomic E-state index is -2.88. The van der Waals surface area contributed by atoms with E-state index in [9.17, 15) is 6.17 Å². The Labute approximate surface area is 145 Å². The molecule has 1 saturated carbocycles. The Morgan fingerprint density at radius 2 is 2.52 bits per heavy atom. The molecule has 2 fully saturated rings. The third-order valence-electron chi connectivity index (χ3n) is 6.14. The zero-order valence-corrected chi connectivity index (χ0v) is 12.7. The lowest BCUT2D eigenvalue weighted by molar-refractivity contribution is -0.185. The van der Waals surface area contributed by atoms with Gasteiger partial charge in [0.05, 0.1) is 26.3 Å². The fourth-order valence-electron chi connectivity index (χ4n) is 5.14. The van der Waals surface area contributed by atoms with Crippen LogP contribution < -0.4 is 9.47 Å². The number of ether oxygens (including phenoxy) is 2. The second-order valence-corrected chi connectivity index (χ2v) is 6.92. The largest absolute Gasteiger partial charge is 0.493 e. The average Bonchev–Trinajstić information content (AvgIpc) is 3.02. The summed E-state index contributed by atoms with van der Waals surface area (Å²) in [6, 6.07) is -2.15. The van der Waals surface area contributed by atoms with Crippen LogP contribution >= 0.6 is 0 Å². The van der Waals surface area contributed by atoms with Gasteiger partial charge in [0.2, 0.25) is 1.43 Å². The van der Waals surface area contributed by atoms with Gasteiger partial charge in [-0.2, -0.15) is 0 Å². The molecular formula is C18H21NO4. The van der Waals surface area contributed by atoms with Crippen molar-refractivity contribution in [3.05, 3.63) is 23.2 Å². The fraction of sp³-hybridized carbons (Fsp3) is 0.611. The van der Waals surface area contributed by atoms with Crippen molar-refractivity contribution in [1.29, 1.82) is 1.43 Å². The second kappa shape index (κ2) is 4.08. The molecule has 1 spiro atoms. The Kier molecular flexibility index (Phi) is 1.51. The van der Waals surface area contributed by atoms with Crippen LogP contribution in [0.5, 0.6) is 11.5 Å². The van der Waals surface area contributed by atoms with E-state index >= 15 is 0 Å². The molecular weight excluding hydrogens is 294 g/mol. The highest BCUT2D eigenvalue weighted by Crippen LogP contribution is 2.64. The van der Waals surface area contributed by atoms with Crippen LogP contribution in [0.3, 0.4) is 0 Å². The van der Waals surface area contributed by atoms with Gasteiger partial charge in [0.15, 0.2) is 23.4 Å². The minimum absolute atomic E-state index is 0.00447. The molecule has 2 heterocycles. The van der Waals surface area contributed by atoms with Crippen molar-refractivity contribution in [2.24, 2.45) is 0 Å². The topological polar surface area (TPSA) is 59.0 Å². The monoisotopic (exact) mass is 322 g/mol. The van der Waals surface area contributed by atoms with Gasteiger partial charge in [-0.05, 0) is 44.5 Å². The summed E-state index contributed by atoms with van der Waals surface area (Å²) >= 11 is 0. The van der Waals surface area contributed by atoms with E-state index in [0.29, 0.717) is 24.1 Å². The highest BCUT2D eigenvalue weighted by molar-refractivity contribution is 5.90. The Morgan fingerprint density at radius 3 is 3.35 bits per heavy atom. The van der Waals surface area contributed by atoms with E-state index in [4.69, 9.17) is 22.9 Å². The van der Waals surface area contributed by atoms with Gasteiger partial charge in [0.25, 0.3) is 0 Å². The predicted octanol–water partition coefficient (Wildman–Crippen LogP) is 1.05. The van der Waals surface area contributed by atoms with Crippen LogP contribution in [0.25, 0.3) is 0 Å². The minimum Gasteiger partial charge on any atom is -0.493 e. The number of hydrogen-bond acceptors (Lipinski definition) is 5. The van der Waals surface area contributed by atoms with Crippen LogP contribution in [0.2, 0.25) is 0 Å². The summed E-state index contributed by atoms with van der Waals surface area (Å²) in [5.74, 6) is -0.655. The molecule has 1 unspecified atom stereocenters. The van der Waals surface area contributed by atoms with Crippen molar-refractivity contribution in [2.75, 3.05) is 20.6 Å². The van der Waals surface area contributed by atoms with Crippen LogP contribution in [-0.2, 0) is 16.6 Å². The van der Waals surface area contributed by atoms with Gasteiger partial charge >= 0.3 is 0 Å². The summed E-state index contributed by atoms with van der Waals surface area (Å²) < 4.78 is 67.8. The number of methoxy groups -OCH3 is 1. The molecule has 5 heteroatoms. The van der Waals surface area contributed by atoms with E-state index in [1.807, 2.05) is 0 Å². The molecule has 2 aliphatic carbocycles. The number of Topliss-reactive ketones (excluding diaryl/α,β-unsaturated/α-hetero) is 1. The Balaban J connectivity index is 1.89. The number of likely N-dealkylation sites (N-methyl/N-ethyl adjacent to an activating group) is 1. The summed E-state index contributed by atoms with van der Waals surface area (Å²) in [6.45, 7) is 0.437. The van der Waals surface area contributed by atoms with E-state index in [-0.39, 0.29) is 36.8 Å². The lowest BCUT2D eigenvalue weighted by atomic mass is 9.49. The summed E-state index contributed by atoms with van der Waals surface area (Å²) in [7, 11) is -1.12. The molecule has 1 aromatic rings. The number of hydrogen-bond donors (Lipinski definition) is 1. The highest BCUT2D eigenvalue weighted by Gasteiger charge is 2.72. The SMILES string of the molecule is [2H]O[C@@]12CCC(=O)C3Oc4c(OC([2H])([2H])[2H])c([2H])c([2H])c5c4[C@@]31CCN(C)[C@]2([2H])C5. The van der Waals surface area contributed by atoms with Gasteiger partial charge in [0.1, 0.15) is 0 Å². The lowest BCUT2D eigenvalue weighted by Gasteiger charge is -2.62. The van der Waals surface area contributed by atoms with Crippen molar-refractivity contribution < 1.29 is 27.6 Å². The summed E-state index contributed by atoms with van der Waals surface area (Å²) in [4.78, 5) is 14.7. The molecule has 5 rings (SSSR count). The number of piperidine rings is 1. The molecule has 0 aromatic heterocycles. The van der Waals surface area contributed by atoms with Crippen LogP contribution in [0.4, 0.5) is 0 Å². The molecule has 2 aliphatic heterocycles. The Hall–Kier alpha value is -1.59. The standard InChI is InChI=1S/C18H21NO4/c1-19-8-7-17-14-10-3-4-12(22-2)15(14)23-16(17)11(20)5-6-18(17,21)13(19)9-10/h3-4,13,16,21H,5-9H2,1-2H3/t13-,16?,17+,18-/m1/s1/i2D3,3D,4D,13D,21D. The van der Waals surface area contributed by atoms with Gasteiger partial charge in [-0.15, -0.1) is 0 Å². The molecule has 2 bridgehead atoms. The van der Waals surface area contributed by atoms with Gasteiger partial charge in [-0.1, -0.05) is 6.04 Å². The number of benzene rings is 1. The predicted molar refractivity (Wildman–Crippen MR) is 83.0 cm³/mol. The van der Waals surface area contributed by atoms with E-state index in [0.717, 1.165) is 0 Å². The number of carbonyl (C=O) groups excluding carboxylic acids is 1. The first-order valence-corrected chi connectivity index (χ1v) is 7.84. The summed E-state index contributed by atoms with van der Waals surface area (Å²) in [5, 5.41) is 5.36. The molecule has 0 amide bonds. The maximum Gasteiger partial charge on any atom is 0.211 e. The van der Waals surface area contributed by atoms with Crippen molar-refractivity contribution >= 4 is 5.78 Å². The zero-order chi connectivity index (χ0) is 21.9. The molecule has 1 saturated heterocycles. The third kappa shape index (κ3) is 1.32. The molecule has 23 heavy (non-hydrogen) atoms. The third-order valence-corrected chi connectivity index (χ3v) is 6.14. The number of rotatable bonds is 2. The van der Waals surface area contributed by atoms with Crippen molar-refractivity contribution in [1.82, 2.24) is 4.90 Å². The molecule has 4 aliphatic rings. The first-order chi connectivity index (χ1) is 13.9. The molecule has 122 valence electrons. The van der Waals surface area contributed by atoms with Gasteiger partial charge in [-0.3, -0.25) is 4.79 Å². The normalized spacial score (nSPS) is 48.7. The van der Waals surface area contributed by atoms with E-state index in [1.165, 1.54) is 0 Å². The maximum absolute atomic E-state index is 13.0. The number of carbonyl (C=O) groups is 1. The van der Waals surface area contributed by atoms with Gasteiger partial charge < -0.3 is 19.5 Å². The maximum atomic E-state index is 13.0. The molecule has 1 aromatic carbocycles. The van der Waals surface area contributed by atoms with Crippen LogP contribution in [0, 0.1) is 0 Å². The molecule has 5 nitrogen and oxygen atoms in total. The fourth-order valence-corrected chi connectivity index (χ4v) is 5.14. The number of ketones is 1. The lowest BCUT2D eigenvalue weighted by Crippen LogP contribution is -2.76. The van der Waals surface area contributed by atoms with E-state index in [1.54, 1.807) is 11.9 Å².